The van der Waals surface area contributed by atoms with Crippen molar-refractivity contribution in [3.05, 3.63) is 0 Å². The third kappa shape index (κ3) is 4.00. The van der Waals surface area contributed by atoms with Gasteiger partial charge in [-0.2, -0.15) is 0 Å². The topological polar surface area (TPSA) is 52.6 Å². The highest BCUT2D eigenvalue weighted by Gasteiger charge is 2.28. The van der Waals surface area contributed by atoms with Crippen LogP contribution in [0.2, 0.25) is 0 Å². The van der Waals surface area contributed by atoms with Crippen molar-refractivity contribution in [2.45, 2.75) is 63.9 Å². The minimum atomic E-state index is -0.222. The maximum atomic E-state index is 11.7. The third-order valence-electron chi connectivity index (χ3n) is 3.88. The maximum Gasteiger partial charge on any atom is 0.306 e. The fourth-order valence-corrected chi connectivity index (χ4v) is 2.79. The molecule has 18 heavy (non-hydrogen) atoms. The van der Waals surface area contributed by atoms with Gasteiger partial charge in [0.05, 0.1) is 0 Å². The highest BCUT2D eigenvalue weighted by molar-refractivity contribution is 5.71. The molecule has 2 rings (SSSR count). The number of hydrogen-bond donors (Lipinski definition) is 0. The summed E-state index contributed by atoms with van der Waals surface area (Å²) in [6.45, 7) is 0.245. The van der Waals surface area contributed by atoms with Gasteiger partial charge < -0.3 is 9.47 Å². The van der Waals surface area contributed by atoms with E-state index in [1.54, 1.807) is 0 Å². The van der Waals surface area contributed by atoms with Gasteiger partial charge in [-0.3, -0.25) is 9.59 Å². The average molecular weight is 254 g/mol. The molecule has 1 saturated carbocycles. The summed E-state index contributed by atoms with van der Waals surface area (Å²) in [4.78, 5) is 23.1. The van der Waals surface area contributed by atoms with Gasteiger partial charge in [0.15, 0.2) is 0 Å². The number of esters is 2. The molecule has 1 heterocycles. The molecule has 1 aliphatic carbocycles. The highest BCUT2D eigenvalue weighted by atomic mass is 16.6. The first-order chi connectivity index (χ1) is 8.75. The first kappa shape index (κ1) is 13.4. The van der Waals surface area contributed by atoms with Crippen LogP contribution in [-0.4, -0.2) is 24.6 Å². The van der Waals surface area contributed by atoms with Crippen molar-refractivity contribution in [2.24, 2.45) is 5.92 Å². The Morgan fingerprint density at radius 1 is 0.833 bits per heavy atom. The number of cyclic esters (lactones) is 2. The molecule has 0 radical (unpaired) electrons. The van der Waals surface area contributed by atoms with Crippen LogP contribution < -0.4 is 0 Å². The molecule has 0 aromatic heterocycles. The van der Waals surface area contributed by atoms with E-state index in [1.165, 1.54) is 19.3 Å². The summed E-state index contributed by atoms with van der Waals surface area (Å²) >= 11 is 0. The van der Waals surface area contributed by atoms with Crippen LogP contribution in [0.5, 0.6) is 0 Å². The summed E-state index contributed by atoms with van der Waals surface area (Å²) in [5.41, 5.74) is 0. The number of rotatable bonds is 1. The number of hydrogen-bond acceptors (Lipinski definition) is 4. The van der Waals surface area contributed by atoms with Crippen LogP contribution in [0.3, 0.4) is 0 Å². The van der Waals surface area contributed by atoms with E-state index in [9.17, 15) is 9.59 Å². The van der Waals surface area contributed by atoms with Gasteiger partial charge in [0.2, 0.25) is 0 Å². The smallest absolute Gasteiger partial charge is 0.306 e. The fourth-order valence-electron chi connectivity index (χ4n) is 2.79. The minimum Gasteiger partial charge on any atom is -0.462 e. The predicted molar refractivity (Wildman–Crippen MR) is 65.9 cm³/mol. The Labute approximate surface area is 108 Å². The van der Waals surface area contributed by atoms with Crippen molar-refractivity contribution in [3.8, 4) is 0 Å². The first-order valence-corrected chi connectivity index (χ1v) is 7.11. The second-order valence-electron chi connectivity index (χ2n) is 5.32. The Morgan fingerprint density at radius 2 is 1.50 bits per heavy atom. The molecule has 0 amide bonds. The molecule has 2 fully saturated rings. The molecule has 1 saturated heterocycles. The lowest BCUT2D eigenvalue weighted by Crippen LogP contribution is -2.34. The average Bonchev–Trinajstić information content (AvgIpc) is 2.40. The first-order valence-electron chi connectivity index (χ1n) is 7.11. The van der Waals surface area contributed by atoms with Crippen LogP contribution in [0.4, 0.5) is 0 Å². The molecule has 102 valence electrons. The summed E-state index contributed by atoms with van der Waals surface area (Å²) in [7, 11) is 0. The molecule has 1 aliphatic heterocycles. The van der Waals surface area contributed by atoms with E-state index in [2.05, 4.69) is 0 Å². The lowest BCUT2D eigenvalue weighted by molar-refractivity contribution is -0.164. The van der Waals surface area contributed by atoms with E-state index in [0.717, 1.165) is 12.8 Å². The fraction of sp³-hybridized carbons (Fsp3) is 0.857. The Kier molecular flexibility index (Phi) is 5.02. The Balaban J connectivity index is 1.94. The molecule has 2 aliphatic rings. The minimum absolute atomic E-state index is 0.136. The largest absolute Gasteiger partial charge is 0.462 e. The van der Waals surface area contributed by atoms with Gasteiger partial charge >= 0.3 is 11.9 Å². The van der Waals surface area contributed by atoms with Gasteiger partial charge in [0, 0.05) is 12.8 Å². The quantitative estimate of drug-likeness (QED) is 0.675. The molecule has 4 nitrogen and oxygen atoms in total. The predicted octanol–water partition coefficient (Wildman–Crippen LogP) is 2.60. The molecule has 4 heteroatoms. The molecule has 0 aromatic carbocycles. The van der Waals surface area contributed by atoms with Gasteiger partial charge in [-0.15, -0.1) is 0 Å². The van der Waals surface area contributed by atoms with Gasteiger partial charge in [-0.1, -0.05) is 19.3 Å². The zero-order valence-corrected chi connectivity index (χ0v) is 10.9. The van der Waals surface area contributed by atoms with Gasteiger partial charge in [-0.25, -0.2) is 0 Å². The zero-order chi connectivity index (χ0) is 12.8. The van der Waals surface area contributed by atoms with E-state index >= 15 is 0 Å². The Bertz CT molecular complexity index is 294. The number of ether oxygens (including phenoxy) is 2. The maximum absolute atomic E-state index is 11.7. The van der Waals surface area contributed by atoms with Crippen molar-refractivity contribution in [2.75, 3.05) is 6.61 Å². The van der Waals surface area contributed by atoms with Crippen LogP contribution in [0.25, 0.3) is 0 Å². The van der Waals surface area contributed by atoms with Gasteiger partial charge in [0.1, 0.15) is 12.7 Å². The summed E-state index contributed by atoms with van der Waals surface area (Å²) in [5, 5.41) is 0. The molecular formula is C14H22O4. The second-order valence-corrected chi connectivity index (χ2v) is 5.32. The van der Waals surface area contributed by atoms with Crippen molar-refractivity contribution in [1.82, 2.24) is 0 Å². The lowest BCUT2D eigenvalue weighted by Gasteiger charge is -2.30. The number of carbonyl (C=O) groups excluding carboxylic acids is 2. The van der Waals surface area contributed by atoms with Crippen molar-refractivity contribution in [1.29, 1.82) is 0 Å². The molecule has 0 N–H and O–H groups in total. The van der Waals surface area contributed by atoms with E-state index in [4.69, 9.17) is 9.47 Å². The monoisotopic (exact) mass is 254 g/mol. The van der Waals surface area contributed by atoms with Crippen LogP contribution in [0, 0.1) is 5.92 Å². The third-order valence-corrected chi connectivity index (χ3v) is 3.88. The SMILES string of the molecule is O=C1CCCCC(=O)OC(C2CCCCC2)CO1. The van der Waals surface area contributed by atoms with Crippen molar-refractivity contribution >= 4 is 11.9 Å². The standard InChI is InChI=1S/C14H22O4/c15-13-8-4-5-9-14(16)18-12(10-17-13)11-6-2-1-3-7-11/h11-12H,1-10H2. The highest BCUT2D eigenvalue weighted by Crippen LogP contribution is 2.29. The van der Waals surface area contributed by atoms with Crippen molar-refractivity contribution in [3.63, 3.8) is 0 Å². The van der Waals surface area contributed by atoms with Gasteiger partial charge in [-0.05, 0) is 31.6 Å². The Hall–Kier alpha value is -1.06. The second kappa shape index (κ2) is 6.76. The van der Waals surface area contributed by atoms with Crippen LogP contribution >= 0.6 is 0 Å². The number of carbonyl (C=O) groups is 2. The van der Waals surface area contributed by atoms with Gasteiger partial charge in [0.25, 0.3) is 0 Å². The molecule has 0 aromatic rings. The molecule has 0 bridgehead atoms. The molecular weight excluding hydrogens is 232 g/mol. The molecule has 0 spiro atoms. The van der Waals surface area contributed by atoms with Crippen LogP contribution in [0.1, 0.15) is 57.8 Å². The van der Waals surface area contributed by atoms with E-state index in [0.29, 0.717) is 31.6 Å². The molecule has 1 atom stereocenters. The van der Waals surface area contributed by atoms with E-state index in [1.807, 2.05) is 0 Å². The van der Waals surface area contributed by atoms with E-state index < -0.39 is 0 Å². The summed E-state index contributed by atoms with van der Waals surface area (Å²) in [5.74, 6) is 0.0761. The normalized spacial score (nSPS) is 28.3. The van der Waals surface area contributed by atoms with Crippen LogP contribution in [-0.2, 0) is 19.1 Å². The summed E-state index contributed by atoms with van der Waals surface area (Å²) in [6.07, 6.45) is 7.84. The van der Waals surface area contributed by atoms with Crippen molar-refractivity contribution < 1.29 is 19.1 Å². The lowest BCUT2D eigenvalue weighted by atomic mass is 9.85. The zero-order valence-electron chi connectivity index (χ0n) is 10.9. The van der Waals surface area contributed by atoms with E-state index in [-0.39, 0.29) is 24.6 Å². The summed E-state index contributed by atoms with van der Waals surface area (Å²) in [6, 6.07) is 0. The molecule has 1 unspecified atom stereocenters. The Morgan fingerprint density at radius 3 is 2.22 bits per heavy atom. The van der Waals surface area contributed by atoms with Crippen LogP contribution in [0.15, 0.2) is 0 Å². The summed E-state index contributed by atoms with van der Waals surface area (Å²) < 4.78 is 10.7.